The number of carbonyl (C=O) groups is 1. The fourth-order valence-corrected chi connectivity index (χ4v) is 4.15. The molecule has 4 rings (SSSR count). The van der Waals surface area contributed by atoms with Gasteiger partial charge in [0, 0.05) is 29.1 Å². The molecular formula is C25H30N2O3. The summed E-state index contributed by atoms with van der Waals surface area (Å²) in [7, 11) is 0. The van der Waals surface area contributed by atoms with Crippen molar-refractivity contribution < 1.29 is 14.3 Å². The summed E-state index contributed by atoms with van der Waals surface area (Å²) in [5.74, 6) is 0.927. The molecular weight excluding hydrogens is 376 g/mol. The van der Waals surface area contributed by atoms with E-state index in [0.717, 1.165) is 34.5 Å². The van der Waals surface area contributed by atoms with Gasteiger partial charge in [-0.2, -0.15) is 0 Å². The molecule has 30 heavy (non-hydrogen) atoms. The predicted molar refractivity (Wildman–Crippen MR) is 119 cm³/mol. The Morgan fingerprint density at radius 1 is 1.13 bits per heavy atom. The monoisotopic (exact) mass is 406 g/mol. The standard InChI is InChI=1S/C25H30N2O3/c1-18(15-27-12-6-7-13-27)16-29-21-10-11-23-22(14-21)24(19(2)26-23)25(28)30-17-20-8-4-3-5-9-20/h3-5,8-11,14,18,26H,6-7,12-13,15-17H2,1-2H3. The van der Waals surface area contributed by atoms with Crippen molar-refractivity contribution in [1.82, 2.24) is 9.88 Å². The summed E-state index contributed by atoms with van der Waals surface area (Å²) >= 11 is 0. The van der Waals surface area contributed by atoms with Crippen molar-refractivity contribution >= 4 is 16.9 Å². The van der Waals surface area contributed by atoms with E-state index in [4.69, 9.17) is 9.47 Å². The maximum Gasteiger partial charge on any atom is 0.340 e. The van der Waals surface area contributed by atoms with Crippen LogP contribution in [-0.2, 0) is 11.3 Å². The van der Waals surface area contributed by atoms with Crippen LogP contribution in [-0.4, -0.2) is 42.1 Å². The van der Waals surface area contributed by atoms with Gasteiger partial charge in [0.05, 0.1) is 12.2 Å². The summed E-state index contributed by atoms with van der Waals surface area (Å²) in [6, 6.07) is 15.6. The molecule has 0 radical (unpaired) electrons. The first-order valence-electron chi connectivity index (χ1n) is 10.8. The third-order valence-corrected chi connectivity index (χ3v) is 5.68. The van der Waals surface area contributed by atoms with Crippen molar-refractivity contribution in [1.29, 1.82) is 0 Å². The van der Waals surface area contributed by atoms with Crippen molar-refractivity contribution in [2.45, 2.75) is 33.3 Å². The number of H-pyrrole nitrogens is 1. The average molecular weight is 407 g/mol. The highest BCUT2D eigenvalue weighted by Crippen LogP contribution is 2.27. The molecule has 158 valence electrons. The lowest BCUT2D eigenvalue weighted by atomic mass is 10.1. The van der Waals surface area contributed by atoms with Crippen LogP contribution in [0.2, 0.25) is 0 Å². The number of rotatable bonds is 8. The molecule has 1 aliphatic rings. The fourth-order valence-electron chi connectivity index (χ4n) is 4.15. The van der Waals surface area contributed by atoms with Gasteiger partial charge in [-0.15, -0.1) is 0 Å². The largest absolute Gasteiger partial charge is 0.493 e. The van der Waals surface area contributed by atoms with Crippen LogP contribution < -0.4 is 4.74 Å². The van der Waals surface area contributed by atoms with Gasteiger partial charge < -0.3 is 19.4 Å². The number of hydrogen-bond acceptors (Lipinski definition) is 4. The number of aryl methyl sites for hydroxylation is 1. The van der Waals surface area contributed by atoms with Gasteiger partial charge in [-0.25, -0.2) is 4.79 Å². The van der Waals surface area contributed by atoms with Crippen LogP contribution in [0.15, 0.2) is 48.5 Å². The minimum Gasteiger partial charge on any atom is -0.493 e. The predicted octanol–water partition coefficient (Wildman–Crippen LogP) is 4.94. The average Bonchev–Trinajstić information content (AvgIpc) is 3.37. The molecule has 1 N–H and O–H groups in total. The summed E-state index contributed by atoms with van der Waals surface area (Å²) in [4.78, 5) is 18.6. The molecule has 2 aromatic carbocycles. The van der Waals surface area contributed by atoms with Gasteiger partial charge in [0.25, 0.3) is 0 Å². The molecule has 1 saturated heterocycles. The minimum atomic E-state index is -0.317. The smallest absolute Gasteiger partial charge is 0.340 e. The zero-order valence-corrected chi connectivity index (χ0v) is 17.8. The Balaban J connectivity index is 1.43. The highest BCUT2D eigenvalue weighted by molar-refractivity contribution is 6.05. The van der Waals surface area contributed by atoms with E-state index >= 15 is 0 Å². The van der Waals surface area contributed by atoms with Gasteiger partial charge in [0.15, 0.2) is 0 Å². The second-order valence-corrected chi connectivity index (χ2v) is 8.32. The highest BCUT2D eigenvalue weighted by atomic mass is 16.5. The van der Waals surface area contributed by atoms with E-state index in [1.54, 1.807) is 0 Å². The third kappa shape index (κ3) is 4.85. The molecule has 1 unspecified atom stereocenters. The van der Waals surface area contributed by atoms with Gasteiger partial charge in [-0.1, -0.05) is 37.3 Å². The summed E-state index contributed by atoms with van der Waals surface area (Å²) in [6.45, 7) is 8.53. The van der Waals surface area contributed by atoms with E-state index in [2.05, 4.69) is 16.8 Å². The number of ether oxygens (including phenoxy) is 2. The van der Waals surface area contributed by atoms with Crippen LogP contribution in [0.3, 0.4) is 0 Å². The first kappa shape index (κ1) is 20.5. The molecule has 2 heterocycles. The number of fused-ring (bicyclic) bond motifs is 1. The first-order valence-corrected chi connectivity index (χ1v) is 10.8. The quantitative estimate of drug-likeness (QED) is 0.538. The lowest BCUT2D eigenvalue weighted by molar-refractivity contribution is 0.0474. The summed E-state index contributed by atoms with van der Waals surface area (Å²) < 4.78 is 11.6. The van der Waals surface area contributed by atoms with Gasteiger partial charge in [0.2, 0.25) is 0 Å². The molecule has 0 bridgehead atoms. The summed E-state index contributed by atoms with van der Waals surface area (Å²) in [6.07, 6.45) is 2.61. The molecule has 0 spiro atoms. The van der Waals surface area contributed by atoms with E-state index in [9.17, 15) is 4.79 Å². The van der Waals surface area contributed by atoms with Gasteiger partial charge in [0.1, 0.15) is 12.4 Å². The van der Waals surface area contributed by atoms with Crippen molar-refractivity contribution in [3.63, 3.8) is 0 Å². The topological polar surface area (TPSA) is 54.6 Å². The van der Waals surface area contributed by atoms with E-state index in [-0.39, 0.29) is 12.6 Å². The molecule has 1 aromatic heterocycles. The van der Waals surface area contributed by atoms with E-state index < -0.39 is 0 Å². The van der Waals surface area contributed by atoms with Crippen LogP contribution in [0.1, 0.15) is 41.4 Å². The zero-order chi connectivity index (χ0) is 20.9. The number of nitrogens with one attached hydrogen (secondary N) is 1. The minimum absolute atomic E-state index is 0.260. The van der Waals surface area contributed by atoms with Gasteiger partial charge in [-0.3, -0.25) is 0 Å². The van der Waals surface area contributed by atoms with Crippen molar-refractivity contribution in [2.75, 3.05) is 26.2 Å². The number of aromatic nitrogens is 1. The Hall–Kier alpha value is -2.79. The van der Waals surface area contributed by atoms with Crippen LogP contribution in [0, 0.1) is 12.8 Å². The van der Waals surface area contributed by atoms with Crippen molar-refractivity contribution in [3.8, 4) is 5.75 Å². The van der Waals surface area contributed by atoms with E-state index in [1.807, 2.05) is 55.5 Å². The molecule has 0 amide bonds. The number of carbonyl (C=O) groups excluding carboxylic acids is 1. The number of esters is 1. The lowest BCUT2D eigenvalue weighted by Crippen LogP contribution is -2.28. The molecule has 3 aromatic rings. The van der Waals surface area contributed by atoms with Crippen molar-refractivity contribution in [2.24, 2.45) is 5.92 Å². The van der Waals surface area contributed by atoms with Crippen LogP contribution in [0.4, 0.5) is 0 Å². The van der Waals surface area contributed by atoms with Gasteiger partial charge in [-0.05, 0) is 56.6 Å². The molecule has 0 aliphatic carbocycles. The van der Waals surface area contributed by atoms with E-state index in [0.29, 0.717) is 18.1 Å². The van der Waals surface area contributed by atoms with Crippen LogP contribution in [0.25, 0.3) is 10.9 Å². The second kappa shape index (κ2) is 9.35. The van der Waals surface area contributed by atoms with Crippen LogP contribution >= 0.6 is 0 Å². The maximum absolute atomic E-state index is 12.8. The molecule has 5 heteroatoms. The normalized spacial score (nSPS) is 15.4. The third-order valence-electron chi connectivity index (χ3n) is 5.68. The number of hydrogen-bond donors (Lipinski definition) is 1. The Morgan fingerprint density at radius 3 is 2.67 bits per heavy atom. The number of likely N-dealkylation sites (tertiary alicyclic amines) is 1. The Morgan fingerprint density at radius 2 is 1.90 bits per heavy atom. The van der Waals surface area contributed by atoms with Crippen molar-refractivity contribution in [3.05, 3.63) is 65.4 Å². The van der Waals surface area contributed by atoms with E-state index in [1.165, 1.54) is 25.9 Å². The first-order chi connectivity index (χ1) is 14.6. The Kier molecular flexibility index (Phi) is 6.38. The molecule has 0 saturated carbocycles. The molecule has 5 nitrogen and oxygen atoms in total. The van der Waals surface area contributed by atoms with Crippen LogP contribution in [0.5, 0.6) is 5.75 Å². The molecule has 1 aliphatic heterocycles. The Bertz CT molecular complexity index is 990. The SMILES string of the molecule is Cc1[nH]c2ccc(OCC(C)CN3CCCC3)cc2c1C(=O)OCc1ccccc1. The Labute approximate surface area is 178 Å². The number of benzene rings is 2. The maximum atomic E-state index is 12.8. The number of nitrogens with zero attached hydrogens (tertiary/aromatic N) is 1. The summed E-state index contributed by atoms with van der Waals surface area (Å²) in [5.41, 5.74) is 3.27. The number of aromatic amines is 1. The highest BCUT2D eigenvalue weighted by Gasteiger charge is 2.19. The molecule has 1 atom stereocenters. The fraction of sp³-hybridized carbons (Fsp3) is 0.400. The summed E-state index contributed by atoms with van der Waals surface area (Å²) in [5, 5.41) is 0.843. The van der Waals surface area contributed by atoms with Gasteiger partial charge >= 0.3 is 5.97 Å². The lowest BCUT2D eigenvalue weighted by Gasteiger charge is -2.20. The second-order valence-electron chi connectivity index (χ2n) is 8.32. The molecule has 1 fully saturated rings. The zero-order valence-electron chi connectivity index (χ0n) is 17.8.